The van der Waals surface area contributed by atoms with Crippen LogP contribution in [0.5, 0.6) is 0 Å². The third-order valence-electron chi connectivity index (χ3n) is 5.32. The van der Waals surface area contributed by atoms with Crippen molar-refractivity contribution in [2.45, 2.75) is 45.7 Å². The summed E-state index contributed by atoms with van der Waals surface area (Å²) in [7, 11) is 0. The molecule has 2 amide bonds. The van der Waals surface area contributed by atoms with Gasteiger partial charge in [-0.15, -0.1) is 0 Å². The van der Waals surface area contributed by atoms with Gasteiger partial charge in [0.1, 0.15) is 0 Å². The van der Waals surface area contributed by atoms with E-state index >= 15 is 0 Å². The molecule has 0 radical (unpaired) electrons. The Kier molecular flexibility index (Phi) is 6.22. The van der Waals surface area contributed by atoms with Gasteiger partial charge in [0.25, 0.3) is 0 Å². The molecule has 1 saturated heterocycles. The molecule has 1 aromatic heterocycles. The van der Waals surface area contributed by atoms with Gasteiger partial charge in [0, 0.05) is 32.4 Å². The Balaban J connectivity index is 1.64. The van der Waals surface area contributed by atoms with Crippen molar-refractivity contribution in [1.29, 1.82) is 0 Å². The van der Waals surface area contributed by atoms with E-state index in [0.29, 0.717) is 13.1 Å². The van der Waals surface area contributed by atoms with Gasteiger partial charge in [0.05, 0.1) is 12.0 Å². The zero-order chi connectivity index (χ0) is 19.2. The molecule has 2 heterocycles. The highest BCUT2D eigenvalue weighted by atomic mass is 16.2. The lowest BCUT2D eigenvalue weighted by atomic mass is 9.88. The fourth-order valence-electron chi connectivity index (χ4n) is 3.69. The number of nitrogens with one attached hydrogen (secondary N) is 1. The van der Waals surface area contributed by atoms with Crippen LogP contribution in [0.4, 0.5) is 0 Å². The molecule has 2 unspecified atom stereocenters. The number of aryl methyl sites for hydroxylation is 1. The maximum absolute atomic E-state index is 12.6. The number of pyridine rings is 1. The van der Waals surface area contributed by atoms with E-state index in [-0.39, 0.29) is 23.8 Å². The van der Waals surface area contributed by atoms with Crippen LogP contribution in [0, 0.1) is 5.92 Å². The number of carbonyl (C=O) groups excluding carboxylic acids is 2. The average molecular weight is 365 g/mol. The van der Waals surface area contributed by atoms with Gasteiger partial charge >= 0.3 is 0 Å². The summed E-state index contributed by atoms with van der Waals surface area (Å²) in [6.45, 7) is 4.65. The summed E-state index contributed by atoms with van der Waals surface area (Å²) in [4.78, 5) is 30.7. The van der Waals surface area contributed by atoms with Crippen LogP contribution >= 0.6 is 0 Å². The van der Waals surface area contributed by atoms with Gasteiger partial charge in [-0.2, -0.15) is 0 Å². The van der Waals surface area contributed by atoms with Crippen molar-refractivity contribution in [3.8, 4) is 0 Å². The van der Waals surface area contributed by atoms with Crippen LogP contribution in [0.15, 0.2) is 48.8 Å². The zero-order valence-electron chi connectivity index (χ0n) is 16.0. The second-order valence-electron chi connectivity index (χ2n) is 7.14. The molecule has 2 atom stereocenters. The number of benzene rings is 1. The van der Waals surface area contributed by atoms with Crippen molar-refractivity contribution in [1.82, 2.24) is 15.2 Å². The third kappa shape index (κ3) is 4.73. The fraction of sp³-hybridized carbons (Fsp3) is 0.409. The van der Waals surface area contributed by atoms with E-state index in [1.807, 2.05) is 17.0 Å². The summed E-state index contributed by atoms with van der Waals surface area (Å²) in [5.41, 5.74) is 3.41. The van der Waals surface area contributed by atoms with Crippen LogP contribution in [0.3, 0.4) is 0 Å². The lowest BCUT2D eigenvalue weighted by molar-refractivity contribution is -0.137. The van der Waals surface area contributed by atoms with Gasteiger partial charge in [0.2, 0.25) is 11.8 Å². The first-order valence-corrected chi connectivity index (χ1v) is 9.61. The Hall–Kier alpha value is -2.69. The van der Waals surface area contributed by atoms with E-state index < -0.39 is 0 Å². The molecule has 3 rings (SSSR count). The molecule has 1 N–H and O–H groups in total. The molecule has 1 aliphatic rings. The maximum Gasteiger partial charge on any atom is 0.225 e. The van der Waals surface area contributed by atoms with Crippen LogP contribution in [0.25, 0.3) is 0 Å². The largest absolute Gasteiger partial charge is 0.352 e. The molecule has 0 aliphatic carbocycles. The van der Waals surface area contributed by atoms with Crippen molar-refractivity contribution in [2.24, 2.45) is 5.92 Å². The second kappa shape index (κ2) is 8.80. The summed E-state index contributed by atoms with van der Waals surface area (Å²) >= 11 is 0. The Morgan fingerprint density at radius 3 is 2.56 bits per heavy atom. The first-order valence-electron chi connectivity index (χ1n) is 9.61. The van der Waals surface area contributed by atoms with Crippen LogP contribution in [-0.2, 0) is 22.6 Å². The van der Waals surface area contributed by atoms with Crippen LogP contribution < -0.4 is 5.32 Å². The number of aromatic nitrogens is 1. The van der Waals surface area contributed by atoms with Crippen molar-refractivity contribution in [3.05, 3.63) is 65.5 Å². The number of amides is 2. The SMILES string of the molecule is CCc1ccc(C2CCC(C(=O)NCc3cccnc3)CN2C(C)=O)cc1. The highest BCUT2D eigenvalue weighted by Crippen LogP contribution is 2.33. The Morgan fingerprint density at radius 2 is 1.93 bits per heavy atom. The molecular weight excluding hydrogens is 338 g/mol. The molecule has 0 bridgehead atoms. The molecule has 1 aliphatic heterocycles. The molecule has 1 fully saturated rings. The summed E-state index contributed by atoms with van der Waals surface area (Å²) in [6, 6.07) is 12.3. The van der Waals surface area contributed by atoms with E-state index in [9.17, 15) is 9.59 Å². The van der Waals surface area contributed by atoms with Gasteiger partial charge in [-0.25, -0.2) is 0 Å². The van der Waals surface area contributed by atoms with Crippen LogP contribution in [0.2, 0.25) is 0 Å². The van der Waals surface area contributed by atoms with E-state index in [0.717, 1.165) is 30.4 Å². The van der Waals surface area contributed by atoms with Gasteiger partial charge in [-0.1, -0.05) is 37.3 Å². The number of piperidine rings is 1. The van der Waals surface area contributed by atoms with Crippen LogP contribution in [-0.4, -0.2) is 28.2 Å². The number of carbonyl (C=O) groups is 2. The number of hydrogen-bond donors (Lipinski definition) is 1. The second-order valence-corrected chi connectivity index (χ2v) is 7.14. The first kappa shape index (κ1) is 19.1. The number of nitrogens with zero attached hydrogens (tertiary/aromatic N) is 2. The predicted molar refractivity (Wildman–Crippen MR) is 105 cm³/mol. The monoisotopic (exact) mass is 365 g/mol. The van der Waals surface area contributed by atoms with Gasteiger partial charge in [-0.3, -0.25) is 14.6 Å². The third-order valence-corrected chi connectivity index (χ3v) is 5.32. The Bertz CT molecular complexity index is 774. The Morgan fingerprint density at radius 1 is 1.15 bits per heavy atom. The highest BCUT2D eigenvalue weighted by Gasteiger charge is 2.34. The standard InChI is InChI=1S/C22H27N3O2/c1-3-17-6-8-19(9-7-17)21-11-10-20(15-25(21)16(2)26)22(27)24-14-18-5-4-12-23-13-18/h4-9,12-13,20-21H,3,10-11,14-15H2,1-2H3,(H,24,27). The predicted octanol–water partition coefficient (Wildman–Crippen LogP) is 3.26. The smallest absolute Gasteiger partial charge is 0.225 e. The minimum Gasteiger partial charge on any atom is -0.352 e. The molecule has 2 aromatic rings. The highest BCUT2D eigenvalue weighted by molar-refractivity contribution is 5.81. The lowest BCUT2D eigenvalue weighted by Gasteiger charge is -2.39. The summed E-state index contributed by atoms with van der Waals surface area (Å²) < 4.78 is 0. The molecule has 5 heteroatoms. The van der Waals surface area contributed by atoms with E-state index in [4.69, 9.17) is 0 Å². The van der Waals surface area contributed by atoms with Gasteiger partial charge in [-0.05, 0) is 42.0 Å². The molecule has 5 nitrogen and oxygen atoms in total. The normalized spacial score (nSPS) is 19.6. The van der Waals surface area contributed by atoms with E-state index in [1.165, 1.54) is 5.56 Å². The summed E-state index contributed by atoms with van der Waals surface area (Å²) in [5.74, 6) is -0.147. The minimum atomic E-state index is -0.170. The molecule has 142 valence electrons. The fourth-order valence-corrected chi connectivity index (χ4v) is 3.69. The number of likely N-dealkylation sites (tertiary alicyclic amines) is 1. The zero-order valence-corrected chi connectivity index (χ0v) is 16.0. The van der Waals surface area contributed by atoms with E-state index in [1.54, 1.807) is 19.3 Å². The number of hydrogen-bond acceptors (Lipinski definition) is 3. The summed E-state index contributed by atoms with van der Waals surface area (Å²) in [5, 5.41) is 2.98. The Labute approximate surface area is 160 Å². The quantitative estimate of drug-likeness (QED) is 0.885. The van der Waals surface area contributed by atoms with Crippen molar-refractivity contribution in [2.75, 3.05) is 6.54 Å². The first-order chi connectivity index (χ1) is 13.1. The van der Waals surface area contributed by atoms with Gasteiger partial charge < -0.3 is 10.2 Å². The van der Waals surface area contributed by atoms with Crippen molar-refractivity contribution in [3.63, 3.8) is 0 Å². The van der Waals surface area contributed by atoms with Crippen LogP contribution in [0.1, 0.15) is 49.4 Å². The molecule has 27 heavy (non-hydrogen) atoms. The minimum absolute atomic E-state index is 0.00452. The molecular formula is C22H27N3O2. The number of rotatable bonds is 5. The van der Waals surface area contributed by atoms with Crippen molar-refractivity contribution < 1.29 is 9.59 Å². The summed E-state index contributed by atoms with van der Waals surface area (Å²) in [6.07, 6.45) is 6.04. The van der Waals surface area contributed by atoms with Crippen molar-refractivity contribution >= 4 is 11.8 Å². The molecule has 1 aromatic carbocycles. The molecule has 0 spiro atoms. The van der Waals surface area contributed by atoms with E-state index in [2.05, 4.69) is 41.5 Å². The van der Waals surface area contributed by atoms with Gasteiger partial charge in [0.15, 0.2) is 0 Å². The topological polar surface area (TPSA) is 62.3 Å². The molecule has 0 saturated carbocycles. The lowest BCUT2D eigenvalue weighted by Crippen LogP contribution is -2.46. The maximum atomic E-state index is 12.6. The average Bonchev–Trinajstić information content (AvgIpc) is 2.72.